The zero-order valence-electron chi connectivity index (χ0n) is 25.8. The summed E-state index contributed by atoms with van der Waals surface area (Å²) in [5.41, 5.74) is 13.3. The van der Waals surface area contributed by atoms with Gasteiger partial charge in [-0.1, -0.05) is 90.1 Å². The molecule has 0 aromatic heterocycles. The van der Waals surface area contributed by atoms with Crippen LogP contribution in [0, 0.1) is 0 Å². The number of fused-ring (bicyclic) bond motifs is 6. The van der Waals surface area contributed by atoms with Gasteiger partial charge in [-0.15, -0.1) is 0 Å². The average molecular weight is 571 g/mol. The van der Waals surface area contributed by atoms with Gasteiger partial charge in [0.05, 0.1) is 11.4 Å². The van der Waals surface area contributed by atoms with E-state index in [0.29, 0.717) is 0 Å². The molecule has 5 aliphatic rings. The van der Waals surface area contributed by atoms with Gasteiger partial charge >= 0.3 is 0 Å². The zero-order valence-corrected chi connectivity index (χ0v) is 25.8. The monoisotopic (exact) mass is 571 g/mol. The van der Waals surface area contributed by atoms with Gasteiger partial charge in [0.2, 0.25) is 0 Å². The maximum Gasteiger partial charge on any atom is 0.256 e. The minimum atomic E-state index is -0.0538. The maximum atomic E-state index is 7.07. The number of ether oxygens (including phenoxy) is 3. The third-order valence-electron chi connectivity index (χ3n) is 10.2. The van der Waals surface area contributed by atoms with E-state index in [1.54, 1.807) is 0 Å². The molecule has 0 N–H and O–H groups in total. The van der Waals surface area contributed by atoms with Crippen LogP contribution in [-0.2, 0) is 10.8 Å². The van der Waals surface area contributed by atoms with Crippen molar-refractivity contribution in [1.29, 1.82) is 0 Å². The van der Waals surface area contributed by atoms with Gasteiger partial charge in [0.25, 0.3) is 13.4 Å². The molecule has 44 heavy (non-hydrogen) atoms. The fourth-order valence-corrected chi connectivity index (χ4v) is 8.09. The molecule has 0 saturated carbocycles. The van der Waals surface area contributed by atoms with Crippen LogP contribution in [0.15, 0.2) is 78.9 Å². The summed E-state index contributed by atoms with van der Waals surface area (Å²) in [6.07, 6.45) is 0. The van der Waals surface area contributed by atoms with Gasteiger partial charge in [0.1, 0.15) is 23.0 Å². The first-order valence-electron chi connectivity index (χ1n) is 15.7. The second-order valence-electron chi connectivity index (χ2n) is 15.0. The van der Waals surface area contributed by atoms with Crippen LogP contribution in [0.25, 0.3) is 0 Å². The lowest BCUT2D eigenvalue weighted by Gasteiger charge is -2.49. The molecule has 0 saturated heterocycles. The van der Waals surface area contributed by atoms with Gasteiger partial charge in [0, 0.05) is 11.8 Å². The van der Waals surface area contributed by atoms with Crippen molar-refractivity contribution in [3.8, 4) is 34.5 Å². The quantitative estimate of drug-likeness (QED) is 0.218. The van der Waals surface area contributed by atoms with Crippen molar-refractivity contribution < 1.29 is 14.2 Å². The summed E-state index contributed by atoms with van der Waals surface area (Å²) in [7, 11) is 0. The van der Waals surface area contributed by atoms with E-state index in [1.807, 2.05) is 0 Å². The van der Waals surface area contributed by atoms with Crippen LogP contribution < -0.4 is 51.9 Å². The third kappa shape index (κ3) is 2.97. The van der Waals surface area contributed by atoms with Crippen molar-refractivity contribution >= 4 is 63.3 Å². The van der Waals surface area contributed by atoms with Crippen LogP contribution in [-0.4, -0.2) is 13.4 Å². The fourth-order valence-electron chi connectivity index (χ4n) is 8.09. The number of nitrogens with zero attached hydrogens (tertiary/aromatic N) is 1. The van der Waals surface area contributed by atoms with E-state index in [0.717, 1.165) is 45.9 Å². The SMILES string of the molecule is CC(C)(C)c1cc2c3c(c1)B1c4ccccc4Oc4cc5c6c(c41)N3c1c(cc(C(C)(C)C)cc1B6c1ccccc1O5)O2. The lowest BCUT2D eigenvalue weighted by Crippen LogP contribution is -2.67. The fraction of sp³-hybridized carbons (Fsp3) is 0.211. The van der Waals surface area contributed by atoms with Gasteiger partial charge in [-0.2, -0.15) is 0 Å². The Morgan fingerprint density at radius 2 is 0.886 bits per heavy atom. The van der Waals surface area contributed by atoms with Crippen molar-refractivity contribution in [1.82, 2.24) is 0 Å². The van der Waals surface area contributed by atoms with Gasteiger partial charge < -0.3 is 19.1 Å². The smallest absolute Gasteiger partial charge is 0.256 e. The Hall–Kier alpha value is -4.57. The second kappa shape index (κ2) is 7.74. The molecular formula is C38H31B2NO3. The molecule has 0 radical (unpaired) electrons. The first-order chi connectivity index (χ1) is 21.1. The lowest BCUT2D eigenvalue weighted by atomic mass is 9.29. The predicted octanol–water partition coefficient (Wildman–Crippen LogP) is 5.73. The molecule has 5 aliphatic heterocycles. The molecule has 0 amide bonds. The normalized spacial score (nSPS) is 15.5. The van der Waals surface area contributed by atoms with E-state index in [2.05, 4.69) is 125 Å². The van der Waals surface area contributed by atoms with Crippen molar-refractivity contribution in [3.63, 3.8) is 0 Å². The number of anilines is 3. The van der Waals surface area contributed by atoms with Crippen LogP contribution in [0.1, 0.15) is 52.7 Å². The summed E-state index contributed by atoms with van der Waals surface area (Å²) in [5.74, 6) is 5.38. The Labute approximate surface area is 258 Å². The van der Waals surface area contributed by atoms with Crippen molar-refractivity contribution in [3.05, 3.63) is 90.0 Å². The third-order valence-corrected chi connectivity index (χ3v) is 10.2. The Bertz CT molecular complexity index is 2010. The lowest BCUT2D eigenvalue weighted by molar-refractivity contribution is 0.463. The van der Waals surface area contributed by atoms with Gasteiger partial charge in [-0.25, -0.2) is 0 Å². The summed E-state index contributed by atoms with van der Waals surface area (Å²) in [5, 5.41) is 0. The van der Waals surface area contributed by atoms with Crippen LogP contribution >= 0.6 is 0 Å². The highest BCUT2D eigenvalue weighted by molar-refractivity contribution is 7.03. The molecule has 0 unspecified atom stereocenters. The van der Waals surface area contributed by atoms with Crippen molar-refractivity contribution in [2.24, 2.45) is 0 Å². The minimum Gasteiger partial charge on any atom is -0.458 e. The summed E-state index contributed by atoms with van der Waals surface area (Å²) in [6.45, 7) is 13.7. The van der Waals surface area contributed by atoms with Gasteiger partial charge in [-0.05, 0) is 79.0 Å². The van der Waals surface area contributed by atoms with Crippen LogP contribution in [0.2, 0.25) is 0 Å². The Morgan fingerprint density at radius 1 is 0.455 bits per heavy atom. The molecular weight excluding hydrogens is 540 g/mol. The average Bonchev–Trinajstić information content (AvgIpc) is 2.99. The molecule has 6 heteroatoms. The molecule has 0 aliphatic carbocycles. The first kappa shape index (κ1) is 24.8. The van der Waals surface area contributed by atoms with Crippen LogP contribution in [0.3, 0.4) is 0 Å². The Morgan fingerprint density at radius 3 is 1.34 bits per heavy atom. The van der Waals surface area contributed by atoms with E-state index in [1.165, 1.54) is 49.6 Å². The Balaban J connectivity index is 1.39. The molecule has 0 spiro atoms. The minimum absolute atomic E-state index is 0.0147. The highest BCUT2D eigenvalue weighted by Crippen LogP contribution is 2.55. The number of hydrogen-bond donors (Lipinski definition) is 0. The standard InChI is InChI=1S/C38H31B2NO3/c1-37(2,3)20-15-24-34-30(17-20)44-31-18-21(38(4,5)6)16-25-35(31)41(34)36-32-28(42-26-13-9-7-11-22(26)39(24)32)19-29-33(36)40(25)23-12-8-10-14-27(23)43-29/h7-19H,1-6H3. The largest absolute Gasteiger partial charge is 0.458 e. The summed E-state index contributed by atoms with van der Waals surface area (Å²) >= 11 is 0. The maximum absolute atomic E-state index is 7.07. The molecule has 212 valence electrons. The van der Waals surface area contributed by atoms with Crippen molar-refractivity contribution in [2.75, 3.05) is 4.90 Å². The number of hydrogen-bond acceptors (Lipinski definition) is 4. The number of para-hydroxylation sites is 2. The highest BCUT2D eigenvalue weighted by atomic mass is 16.5. The molecule has 10 rings (SSSR count). The van der Waals surface area contributed by atoms with E-state index in [9.17, 15) is 0 Å². The van der Waals surface area contributed by atoms with E-state index >= 15 is 0 Å². The first-order valence-corrected chi connectivity index (χ1v) is 15.7. The molecule has 0 atom stereocenters. The van der Waals surface area contributed by atoms with Crippen LogP contribution in [0.4, 0.5) is 17.1 Å². The van der Waals surface area contributed by atoms with E-state index in [-0.39, 0.29) is 24.3 Å². The van der Waals surface area contributed by atoms with E-state index < -0.39 is 0 Å². The van der Waals surface area contributed by atoms with Gasteiger partial charge in [-0.3, -0.25) is 0 Å². The summed E-state index contributed by atoms with van der Waals surface area (Å²) in [4.78, 5) is 2.50. The highest BCUT2D eigenvalue weighted by Gasteiger charge is 2.53. The summed E-state index contributed by atoms with van der Waals surface area (Å²) in [6, 6.07) is 28.6. The molecule has 5 heterocycles. The predicted molar refractivity (Wildman–Crippen MR) is 181 cm³/mol. The van der Waals surface area contributed by atoms with Crippen molar-refractivity contribution in [2.45, 2.75) is 52.4 Å². The number of rotatable bonds is 0. The second-order valence-corrected chi connectivity index (χ2v) is 15.0. The van der Waals surface area contributed by atoms with Gasteiger partial charge in [0.15, 0.2) is 11.5 Å². The molecule has 5 aromatic carbocycles. The number of benzene rings is 5. The van der Waals surface area contributed by atoms with Crippen LogP contribution in [0.5, 0.6) is 34.5 Å². The Kier molecular flexibility index (Phi) is 4.36. The molecule has 4 nitrogen and oxygen atoms in total. The molecule has 0 fully saturated rings. The molecule has 5 aromatic rings. The molecule has 0 bridgehead atoms. The van der Waals surface area contributed by atoms with E-state index in [4.69, 9.17) is 14.2 Å². The topological polar surface area (TPSA) is 30.9 Å². The zero-order chi connectivity index (χ0) is 29.9. The summed E-state index contributed by atoms with van der Waals surface area (Å²) < 4.78 is 20.6.